The molecule has 8 heavy (non-hydrogen) atoms. The van der Waals surface area contributed by atoms with E-state index in [0.29, 0.717) is 6.04 Å². The quantitative estimate of drug-likeness (QED) is 0.550. The van der Waals surface area contributed by atoms with E-state index in [1.165, 1.54) is 12.8 Å². The molecule has 1 N–H and O–H groups in total. The molecule has 2 heteroatoms. The Balaban J connectivity index is 1.66. The van der Waals surface area contributed by atoms with Crippen LogP contribution in [0.4, 0.5) is 0 Å². The lowest BCUT2D eigenvalue weighted by Gasteiger charge is -2.26. The first kappa shape index (κ1) is 4.77. The summed E-state index contributed by atoms with van der Waals surface area (Å²) in [5.41, 5.74) is 0. The first-order valence-electron chi connectivity index (χ1n) is 3.29. The van der Waals surface area contributed by atoms with E-state index in [1.54, 1.807) is 0 Å². The highest BCUT2D eigenvalue weighted by Crippen LogP contribution is 2.20. The Hall–Kier alpha value is -0.0800. The van der Waals surface area contributed by atoms with Crippen LogP contribution in [-0.2, 0) is 4.74 Å². The molecule has 0 aromatic rings. The van der Waals surface area contributed by atoms with Crippen molar-refractivity contribution >= 4 is 0 Å². The van der Waals surface area contributed by atoms with Crippen LogP contribution in [0.2, 0.25) is 0 Å². The van der Waals surface area contributed by atoms with Gasteiger partial charge >= 0.3 is 0 Å². The van der Waals surface area contributed by atoms with Gasteiger partial charge in [-0.05, 0) is 12.8 Å². The van der Waals surface area contributed by atoms with Crippen molar-refractivity contribution in [3.05, 3.63) is 0 Å². The number of hydrogen-bond acceptors (Lipinski definition) is 2. The van der Waals surface area contributed by atoms with Crippen molar-refractivity contribution in [2.45, 2.75) is 24.9 Å². The first-order valence-corrected chi connectivity index (χ1v) is 3.29. The number of hydrogen-bond donors (Lipinski definition) is 1. The fourth-order valence-corrected chi connectivity index (χ4v) is 0.915. The Morgan fingerprint density at radius 3 is 2.25 bits per heavy atom. The molecule has 0 unspecified atom stereocenters. The summed E-state index contributed by atoms with van der Waals surface area (Å²) in [7, 11) is 0. The molecule has 0 bridgehead atoms. The molecule has 0 radical (unpaired) electrons. The van der Waals surface area contributed by atoms with Crippen LogP contribution in [-0.4, -0.2) is 25.3 Å². The van der Waals surface area contributed by atoms with E-state index in [-0.39, 0.29) is 0 Å². The van der Waals surface area contributed by atoms with Crippen molar-refractivity contribution in [2.24, 2.45) is 0 Å². The van der Waals surface area contributed by atoms with Crippen molar-refractivity contribution in [2.75, 3.05) is 13.2 Å². The van der Waals surface area contributed by atoms with E-state index >= 15 is 0 Å². The smallest absolute Gasteiger partial charge is 0.0643 e. The molecule has 2 rings (SSSR count). The Labute approximate surface area is 49.2 Å². The minimum atomic E-state index is 0.697. The zero-order valence-corrected chi connectivity index (χ0v) is 4.89. The van der Waals surface area contributed by atoms with Crippen molar-refractivity contribution < 1.29 is 4.74 Å². The average Bonchev–Trinajstić information content (AvgIpc) is 2.36. The molecule has 46 valence electrons. The second-order valence-electron chi connectivity index (χ2n) is 2.68. The first-order chi connectivity index (χ1) is 3.95. The van der Waals surface area contributed by atoms with Gasteiger partial charge in [-0.25, -0.2) is 0 Å². The third kappa shape index (κ3) is 0.858. The number of ether oxygens (including phenoxy) is 1. The predicted octanol–water partition coefficient (Wildman–Crippen LogP) is 0.137. The third-order valence-electron chi connectivity index (χ3n) is 1.69. The highest BCUT2D eigenvalue weighted by Gasteiger charge is 2.27. The van der Waals surface area contributed by atoms with Crippen molar-refractivity contribution in [1.29, 1.82) is 0 Å². The minimum absolute atomic E-state index is 0.697. The van der Waals surface area contributed by atoms with Gasteiger partial charge in [0.15, 0.2) is 0 Å². The van der Waals surface area contributed by atoms with Crippen LogP contribution in [0.3, 0.4) is 0 Å². The summed E-state index contributed by atoms with van der Waals surface area (Å²) in [5, 5.41) is 3.47. The standard InChI is InChI=1S/C6H11NO/c1-2-5(1)7-6-3-8-4-6/h5-7H,1-4H2. The maximum atomic E-state index is 5.00. The van der Waals surface area contributed by atoms with Crippen molar-refractivity contribution in [3.63, 3.8) is 0 Å². The maximum Gasteiger partial charge on any atom is 0.0643 e. The van der Waals surface area contributed by atoms with E-state index in [2.05, 4.69) is 5.32 Å². The SMILES string of the molecule is C1CC1NC1COC1. The molecular weight excluding hydrogens is 102 g/mol. The van der Waals surface area contributed by atoms with Crippen LogP contribution in [0.5, 0.6) is 0 Å². The van der Waals surface area contributed by atoms with Gasteiger partial charge in [-0.3, -0.25) is 0 Å². The van der Waals surface area contributed by atoms with Crippen molar-refractivity contribution in [3.8, 4) is 0 Å². The molecule has 0 amide bonds. The van der Waals surface area contributed by atoms with Gasteiger partial charge in [0, 0.05) is 6.04 Å². The Morgan fingerprint density at radius 1 is 1.12 bits per heavy atom. The zero-order chi connectivity index (χ0) is 5.40. The molecule has 0 aromatic heterocycles. The predicted molar refractivity (Wildman–Crippen MR) is 30.8 cm³/mol. The van der Waals surface area contributed by atoms with Crippen LogP contribution in [0, 0.1) is 0 Å². The molecule has 0 aromatic carbocycles. The van der Waals surface area contributed by atoms with Crippen molar-refractivity contribution in [1.82, 2.24) is 5.32 Å². The fourth-order valence-electron chi connectivity index (χ4n) is 0.915. The Morgan fingerprint density at radius 2 is 1.88 bits per heavy atom. The van der Waals surface area contributed by atoms with Crippen LogP contribution in [0.25, 0.3) is 0 Å². The van der Waals surface area contributed by atoms with Gasteiger partial charge in [-0.15, -0.1) is 0 Å². The van der Waals surface area contributed by atoms with E-state index in [0.717, 1.165) is 19.3 Å². The molecule has 1 aliphatic carbocycles. The summed E-state index contributed by atoms with van der Waals surface area (Å²) in [6.07, 6.45) is 2.77. The van der Waals surface area contributed by atoms with Crippen LogP contribution in [0.1, 0.15) is 12.8 Å². The molecule has 2 nitrogen and oxygen atoms in total. The molecule has 2 fully saturated rings. The van der Waals surface area contributed by atoms with E-state index in [9.17, 15) is 0 Å². The van der Waals surface area contributed by atoms with Gasteiger partial charge in [0.1, 0.15) is 0 Å². The van der Waals surface area contributed by atoms with E-state index in [1.807, 2.05) is 0 Å². The van der Waals surface area contributed by atoms with Gasteiger partial charge < -0.3 is 10.1 Å². The Kier molecular flexibility index (Phi) is 1.02. The minimum Gasteiger partial charge on any atom is -0.378 e. The van der Waals surface area contributed by atoms with E-state index in [4.69, 9.17) is 4.74 Å². The Bertz CT molecular complexity index is 86.5. The van der Waals surface area contributed by atoms with Crippen LogP contribution < -0.4 is 5.32 Å². The van der Waals surface area contributed by atoms with Gasteiger partial charge in [0.25, 0.3) is 0 Å². The zero-order valence-electron chi connectivity index (χ0n) is 4.89. The number of nitrogens with one attached hydrogen (secondary N) is 1. The monoisotopic (exact) mass is 113 g/mol. The molecule has 1 saturated heterocycles. The average molecular weight is 113 g/mol. The maximum absolute atomic E-state index is 5.00. The lowest BCUT2D eigenvalue weighted by Crippen LogP contribution is -2.46. The molecular formula is C6H11NO. The second-order valence-corrected chi connectivity index (χ2v) is 2.68. The summed E-state index contributed by atoms with van der Waals surface area (Å²) in [6, 6.07) is 1.55. The normalized spacial score (nSPS) is 30.0. The van der Waals surface area contributed by atoms with E-state index < -0.39 is 0 Å². The lowest BCUT2D eigenvalue weighted by molar-refractivity contribution is -0.00582. The van der Waals surface area contributed by atoms with Crippen LogP contribution in [0.15, 0.2) is 0 Å². The molecule has 1 heterocycles. The summed E-state index contributed by atoms with van der Waals surface area (Å²) < 4.78 is 5.00. The second kappa shape index (κ2) is 1.71. The fraction of sp³-hybridized carbons (Fsp3) is 1.00. The molecule has 1 aliphatic heterocycles. The summed E-state index contributed by atoms with van der Waals surface area (Å²) in [4.78, 5) is 0. The molecule has 1 saturated carbocycles. The van der Waals surface area contributed by atoms with Gasteiger partial charge in [-0.2, -0.15) is 0 Å². The van der Waals surface area contributed by atoms with Gasteiger partial charge in [0.2, 0.25) is 0 Å². The number of rotatable bonds is 2. The highest BCUT2D eigenvalue weighted by atomic mass is 16.5. The summed E-state index contributed by atoms with van der Waals surface area (Å²) in [6.45, 7) is 1.88. The molecule has 0 spiro atoms. The van der Waals surface area contributed by atoms with Crippen LogP contribution >= 0.6 is 0 Å². The van der Waals surface area contributed by atoms with Gasteiger partial charge in [-0.1, -0.05) is 0 Å². The third-order valence-corrected chi connectivity index (χ3v) is 1.69. The largest absolute Gasteiger partial charge is 0.378 e. The topological polar surface area (TPSA) is 21.3 Å². The molecule has 0 atom stereocenters. The van der Waals surface area contributed by atoms with Gasteiger partial charge in [0.05, 0.1) is 19.3 Å². The lowest BCUT2D eigenvalue weighted by atomic mass is 10.2. The highest BCUT2D eigenvalue weighted by molar-refractivity contribution is 4.86. The molecule has 2 aliphatic rings. The summed E-state index contributed by atoms with van der Waals surface area (Å²) in [5.74, 6) is 0. The summed E-state index contributed by atoms with van der Waals surface area (Å²) >= 11 is 0.